The molecule has 2 aromatic heterocycles. The smallest absolute Gasteiger partial charge is 0.336 e. The van der Waals surface area contributed by atoms with Gasteiger partial charge in [0.15, 0.2) is 5.65 Å². The summed E-state index contributed by atoms with van der Waals surface area (Å²) in [7, 11) is 0. The van der Waals surface area contributed by atoms with E-state index in [1.54, 1.807) is 12.3 Å². The summed E-state index contributed by atoms with van der Waals surface area (Å²) in [6.07, 6.45) is 4.25. The molecule has 0 radical (unpaired) electrons. The maximum absolute atomic E-state index is 11.4. The molecule has 0 saturated carbocycles. The summed E-state index contributed by atoms with van der Waals surface area (Å²) >= 11 is 0. The first kappa shape index (κ1) is 13.5. The third-order valence-electron chi connectivity index (χ3n) is 3.36. The van der Waals surface area contributed by atoms with E-state index in [1.165, 1.54) is 0 Å². The molecular weight excluding hydrogens is 242 g/mol. The Morgan fingerprint density at radius 1 is 1.47 bits per heavy atom. The lowest BCUT2D eigenvalue weighted by atomic mass is 10.1. The van der Waals surface area contributed by atoms with Gasteiger partial charge in [-0.1, -0.05) is 20.3 Å². The number of carbonyl (C=O) groups is 1. The first-order valence-electron chi connectivity index (χ1n) is 6.68. The first-order chi connectivity index (χ1) is 9.08. The Morgan fingerprint density at radius 2 is 2.21 bits per heavy atom. The third-order valence-corrected chi connectivity index (χ3v) is 3.36. The number of pyridine rings is 1. The van der Waals surface area contributed by atoms with Gasteiger partial charge in [-0.05, 0) is 25.8 Å². The molecule has 5 nitrogen and oxygen atoms in total. The second-order valence-electron chi connectivity index (χ2n) is 4.80. The van der Waals surface area contributed by atoms with E-state index in [0.29, 0.717) is 16.6 Å². The topological polar surface area (TPSA) is 68.0 Å². The average Bonchev–Trinajstić information content (AvgIpc) is 2.80. The number of fused-ring (bicyclic) bond motifs is 1. The Morgan fingerprint density at radius 3 is 2.79 bits per heavy atom. The Bertz CT molecular complexity index is 604. The van der Waals surface area contributed by atoms with Crippen LogP contribution in [0.2, 0.25) is 0 Å². The van der Waals surface area contributed by atoms with Crippen LogP contribution in [0.15, 0.2) is 12.3 Å². The highest BCUT2D eigenvalue weighted by molar-refractivity contribution is 6.01. The molecule has 1 atom stereocenters. The van der Waals surface area contributed by atoms with Gasteiger partial charge in [-0.25, -0.2) is 14.5 Å². The van der Waals surface area contributed by atoms with Gasteiger partial charge in [0.1, 0.15) is 0 Å². The van der Waals surface area contributed by atoms with Crippen LogP contribution < -0.4 is 0 Å². The predicted molar refractivity (Wildman–Crippen MR) is 73.5 cm³/mol. The number of aryl methyl sites for hydroxylation is 1. The lowest BCUT2D eigenvalue weighted by Crippen LogP contribution is -2.08. The van der Waals surface area contributed by atoms with Gasteiger partial charge in [-0.3, -0.25) is 0 Å². The van der Waals surface area contributed by atoms with Crippen molar-refractivity contribution in [3.8, 4) is 0 Å². The zero-order valence-corrected chi connectivity index (χ0v) is 11.6. The van der Waals surface area contributed by atoms with Crippen molar-refractivity contribution < 1.29 is 9.90 Å². The van der Waals surface area contributed by atoms with E-state index in [0.717, 1.165) is 25.0 Å². The number of carboxylic acid groups (broad SMARTS) is 1. The predicted octanol–water partition coefficient (Wildman–Crippen LogP) is 3.05. The van der Waals surface area contributed by atoms with E-state index >= 15 is 0 Å². The van der Waals surface area contributed by atoms with Crippen LogP contribution in [-0.4, -0.2) is 25.8 Å². The summed E-state index contributed by atoms with van der Waals surface area (Å²) in [4.78, 5) is 15.9. The molecule has 0 aromatic carbocycles. The van der Waals surface area contributed by atoms with Crippen LogP contribution in [0.4, 0.5) is 0 Å². The Hall–Kier alpha value is -1.91. The zero-order chi connectivity index (χ0) is 14.0. The summed E-state index contributed by atoms with van der Waals surface area (Å²) in [6.45, 7) is 6.19. The average molecular weight is 261 g/mol. The number of aromatic nitrogens is 3. The number of carboxylic acids is 1. The molecule has 0 fully saturated rings. The van der Waals surface area contributed by atoms with Crippen molar-refractivity contribution in [2.45, 2.75) is 46.1 Å². The number of hydrogen-bond donors (Lipinski definition) is 1. The van der Waals surface area contributed by atoms with Crippen LogP contribution >= 0.6 is 0 Å². The molecule has 1 N–H and O–H groups in total. The summed E-state index contributed by atoms with van der Waals surface area (Å²) in [5.74, 6) is -0.923. The lowest BCUT2D eigenvalue weighted by molar-refractivity contribution is 0.0699. The van der Waals surface area contributed by atoms with E-state index < -0.39 is 5.97 Å². The van der Waals surface area contributed by atoms with Crippen LogP contribution in [0.3, 0.4) is 0 Å². The SMILES string of the molecule is CCCc1cc(C(=O)O)c2cnn(C(C)CC)c2n1. The fourth-order valence-electron chi connectivity index (χ4n) is 2.13. The normalized spacial score (nSPS) is 12.8. The van der Waals surface area contributed by atoms with Crippen molar-refractivity contribution in [1.82, 2.24) is 14.8 Å². The lowest BCUT2D eigenvalue weighted by Gasteiger charge is -2.11. The second-order valence-corrected chi connectivity index (χ2v) is 4.80. The molecule has 0 aliphatic rings. The van der Waals surface area contributed by atoms with Gasteiger partial charge in [0.2, 0.25) is 0 Å². The molecule has 102 valence electrons. The number of rotatable bonds is 5. The molecule has 0 bridgehead atoms. The Kier molecular flexibility index (Phi) is 3.83. The largest absolute Gasteiger partial charge is 0.478 e. The van der Waals surface area contributed by atoms with Crippen molar-refractivity contribution in [2.75, 3.05) is 0 Å². The van der Waals surface area contributed by atoms with Gasteiger partial charge < -0.3 is 5.11 Å². The summed E-state index contributed by atoms with van der Waals surface area (Å²) in [6, 6.07) is 1.88. The van der Waals surface area contributed by atoms with Crippen LogP contribution in [0.5, 0.6) is 0 Å². The van der Waals surface area contributed by atoms with Gasteiger partial charge >= 0.3 is 5.97 Å². The molecule has 0 aliphatic carbocycles. The zero-order valence-electron chi connectivity index (χ0n) is 11.6. The fourth-order valence-corrected chi connectivity index (χ4v) is 2.13. The van der Waals surface area contributed by atoms with Gasteiger partial charge in [0, 0.05) is 5.69 Å². The maximum Gasteiger partial charge on any atom is 0.336 e. The minimum Gasteiger partial charge on any atom is -0.478 e. The highest BCUT2D eigenvalue weighted by atomic mass is 16.4. The van der Waals surface area contributed by atoms with Crippen molar-refractivity contribution >= 4 is 17.0 Å². The van der Waals surface area contributed by atoms with Crippen LogP contribution in [0.25, 0.3) is 11.0 Å². The first-order valence-corrected chi connectivity index (χ1v) is 6.68. The molecular formula is C14H19N3O2. The van der Waals surface area contributed by atoms with E-state index in [-0.39, 0.29) is 6.04 Å². The summed E-state index contributed by atoms with van der Waals surface area (Å²) in [5, 5.41) is 14.2. The van der Waals surface area contributed by atoms with Crippen LogP contribution in [0, 0.1) is 0 Å². The quantitative estimate of drug-likeness (QED) is 0.898. The highest BCUT2D eigenvalue weighted by Gasteiger charge is 2.17. The molecule has 0 aliphatic heterocycles. The Labute approximate surface area is 112 Å². The minimum atomic E-state index is -0.923. The van der Waals surface area contributed by atoms with Crippen LogP contribution in [-0.2, 0) is 6.42 Å². The molecule has 2 aromatic rings. The maximum atomic E-state index is 11.4. The number of hydrogen-bond acceptors (Lipinski definition) is 3. The second kappa shape index (κ2) is 5.38. The van der Waals surface area contributed by atoms with Gasteiger partial charge in [-0.15, -0.1) is 0 Å². The number of aromatic carboxylic acids is 1. The molecule has 0 spiro atoms. The van der Waals surface area contributed by atoms with Gasteiger partial charge in [0.25, 0.3) is 0 Å². The van der Waals surface area contributed by atoms with E-state index in [2.05, 4.69) is 30.9 Å². The van der Waals surface area contributed by atoms with Gasteiger partial charge in [-0.2, -0.15) is 5.10 Å². The highest BCUT2D eigenvalue weighted by Crippen LogP contribution is 2.22. The fraction of sp³-hybridized carbons (Fsp3) is 0.500. The molecule has 1 unspecified atom stereocenters. The van der Waals surface area contributed by atoms with E-state index in [9.17, 15) is 9.90 Å². The standard InChI is InChI=1S/C14H19N3O2/c1-4-6-10-7-11(14(18)19)12-8-15-17(9(3)5-2)13(12)16-10/h7-9H,4-6H2,1-3H3,(H,18,19). The molecule has 2 rings (SSSR count). The molecule has 19 heavy (non-hydrogen) atoms. The molecule has 0 amide bonds. The summed E-state index contributed by atoms with van der Waals surface area (Å²) < 4.78 is 1.82. The molecule has 2 heterocycles. The number of nitrogens with zero attached hydrogens (tertiary/aromatic N) is 3. The van der Waals surface area contributed by atoms with Crippen LogP contribution in [0.1, 0.15) is 55.7 Å². The van der Waals surface area contributed by atoms with E-state index in [4.69, 9.17) is 0 Å². The van der Waals surface area contributed by atoms with Gasteiger partial charge in [0.05, 0.1) is 23.2 Å². The third kappa shape index (κ3) is 2.45. The monoisotopic (exact) mass is 261 g/mol. The van der Waals surface area contributed by atoms with E-state index in [1.807, 2.05) is 4.68 Å². The minimum absolute atomic E-state index is 0.212. The van der Waals surface area contributed by atoms with Crippen molar-refractivity contribution in [2.24, 2.45) is 0 Å². The molecule has 5 heteroatoms. The van der Waals surface area contributed by atoms with Crippen molar-refractivity contribution in [3.63, 3.8) is 0 Å². The van der Waals surface area contributed by atoms with Crippen molar-refractivity contribution in [3.05, 3.63) is 23.5 Å². The molecule has 0 saturated heterocycles. The van der Waals surface area contributed by atoms with Crippen molar-refractivity contribution in [1.29, 1.82) is 0 Å². The Balaban J connectivity index is 2.67. The summed E-state index contributed by atoms with van der Waals surface area (Å²) in [5.41, 5.74) is 1.79.